The highest BCUT2D eigenvalue weighted by molar-refractivity contribution is 5.65. The van der Waals surface area contributed by atoms with E-state index in [0.29, 0.717) is 30.2 Å². The standard InChI is InChI=1S/C27H26FN7O4/c28-24-17-30-27(32-19-4-6-22(7-5-19)34-10-12-39-13-11-34)33-26(24)31-21-3-1-2-20(15-21)29-16-18-14-23(35(37)38)8-9-25(18)36/h1-9,14-15,17,29,36H,10-13,16H2,(H2,30,31,32,33). The first-order chi connectivity index (χ1) is 18.9. The number of ether oxygens (including phenoxy) is 1. The van der Waals surface area contributed by atoms with E-state index in [2.05, 4.69) is 30.8 Å². The van der Waals surface area contributed by atoms with E-state index in [9.17, 15) is 19.6 Å². The summed E-state index contributed by atoms with van der Waals surface area (Å²) < 4.78 is 19.9. The Morgan fingerprint density at radius 3 is 2.54 bits per heavy atom. The first kappa shape index (κ1) is 25.7. The lowest BCUT2D eigenvalue weighted by Gasteiger charge is -2.28. The zero-order chi connectivity index (χ0) is 27.2. The molecular formula is C27H26FN7O4. The summed E-state index contributed by atoms with van der Waals surface area (Å²) in [5.74, 6) is -0.455. The van der Waals surface area contributed by atoms with Crippen molar-refractivity contribution in [2.45, 2.75) is 6.54 Å². The molecule has 200 valence electrons. The van der Waals surface area contributed by atoms with Gasteiger partial charge in [-0.1, -0.05) is 6.07 Å². The van der Waals surface area contributed by atoms with Crippen molar-refractivity contribution < 1.29 is 19.2 Å². The molecule has 0 saturated carbocycles. The number of anilines is 6. The summed E-state index contributed by atoms with van der Waals surface area (Å²) >= 11 is 0. The molecule has 39 heavy (non-hydrogen) atoms. The number of nitrogens with zero attached hydrogens (tertiary/aromatic N) is 4. The molecule has 3 aromatic carbocycles. The van der Waals surface area contributed by atoms with E-state index >= 15 is 0 Å². The second-order valence-electron chi connectivity index (χ2n) is 8.79. The average molecular weight is 532 g/mol. The highest BCUT2D eigenvalue weighted by Crippen LogP contribution is 2.26. The molecule has 0 spiro atoms. The molecule has 0 amide bonds. The maximum Gasteiger partial charge on any atom is 0.270 e. The summed E-state index contributed by atoms with van der Waals surface area (Å²) in [5, 5.41) is 30.2. The van der Waals surface area contributed by atoms with Crippen LogP contribution in [-0.2, 0) is 11.3 Å². The Morgan fingerprint density at radius 1 is 1.00 bits per heavy atom. The molecule has 2 heterocycles. The number of phenols is 1. The number of aromatic hydroxyl groups is 1. The summed E-state index contributed by atoms with van der Waals surface area (Å²) in [6, 6.07) is 18.7. The van der Waals surface area contributed by atoms with Crippen LogP contribution in [0, 0.1) is 15.9 Å². The van der Waals surface area contributed by atoms with Gasteiger partial charge >= 0.3 is 0 Å². The van der Waals surface area contributed by atoms with Crippen molar-refractivity contribution in [1.29, 1.82) is 0 Å². The van der Waals surface area contributed by atoms with Gasteiger partial charge in [0.2, 0.25) is 5.95 Å². The summed E-state index contributed by atoms with van der Waals surface area (Å²) in [6.07, 6.45) is 1.09. The van der Waals surface area contributed by atoms with E-state index < -0.39 is 10.7 Å². The average Bonchev–Trinajstić information content (AvgIpc) is 2.95. The molecule has 0 atom stereocenters. The molecule has 1 fully saturated rings. The van der Waals surface area contributed by atoms with Crippen LogP contribution in [0.5, 0.6) is 5.75 Å². The minimum atomic E-state index is -0.622. The Labute approximate surface area is 223 Å². The number of morpholine rings is 1. The summed E-state index contributed by atoms with van der Waals surface area (Å²) in [6.45, 7) is 3.25. The van der Waals surface area contributed by atoms with Gasteiger partial charge in [0, 0.05) is 60.1 Å². The Morgan fingerprint density at radius 2 is 1.77 bits per heavy atom. The third-order valence-electron chi connectivity index (χ3n) is 6.13. The number of benzene rings is 3. The van der Waals surface area contributed by atoms with Crippen molar-refractivity contribution in [3.05, 3.63) is 94.4 Å². The third-order valence-corrected chi connectivity index (χ3v) is 6.13. The van der Waals surface area contributed by atoms with E-state index in [1.165, 1.54) is 18.2 Å². The molecule has 0 radical (unpaired) electrons. The highest BCUT2D eigenvalue weighted by atomic mass is 19.1. The molecular weight excluding hydrogens is 505 g/mol. The van der Waals surface area contributed by atoms with Gasteiger partial charge in [-0.3, -0.25) is 10.1 Å². The minimum Gasteiger partial charge on any atom is -0.508 e. The van der Waals surface area contributed by atoms with Crippen LogP contribution in [-0.4, -0.2) is 46.3 Å². The minimum absolute atomic E-state index is 0.00841. The van der Waals surface area contributed by atoms with Gasteiger partial charge in [0.15, 0.2) is 11.6 Å². The topological polar surface area (TPSA) is 138 Å². The van der Waals surface area contributed by atoms with E-state index in [0.717, 1.165) is 30.7 Å². The van der Waals surface area contributed by atoms with Crippen LogP contribution >= 0.6 is 0 Å². The van der Waals surface area contributed by atoms with Crippen molar-refractivity contribution in [1.82, 2.24) is 9.97 Å². The summed E-state index contributed by atoms with van der Waals surface area (Å²) in [7, 11) is 0. The third kappa shape index (κ3) is 6.48. The number of nitro groups is 1. The molecule has 4 aromatic rings. The Hall–Kier alpha value is -4.97. The molecule has 5 rings (SSSR count). The molecule has 0 unspecified atom stereocenters. The second-order valence-corrected chi connectivity index (χ2v) is 8.79. The fourth-order valence-corrected chi connectivity index (χ4v) is 4.09. The van der Waals surface area contributed by atoms with Crippen molar-refractivity contribution in [2.24, 2.45) is 0 Å². The fourth-order valence-electron chi connectivity index (χ4n) is 4.09. The van der Waals surface area contributed by atoms with Gasteiger partial charge in [-0.15, -0.1) is 0 Å². The van der Waals surface area contributed by atoms with Crippen molar-refractivity contribution in [2.75, 3.05) is 47.2 Å². The predicted octanol–water partition coefficient (Wildman–Crippen LogP) is 5.17. The van der Waals surface area contributed by atoms with Crippen LogP contribution < -0.4 is 20.9 Å². The number of phenolic OH excluding ortho intramolecular Hbond substituents is 1. The number of nitro benzene ring substituents is 1. The molecule has 0 bridgehead atoms. The molecule has 1 saturated heterocycles. The number of halogens is 1. The maximum absolute atomic E-state index is 14.5. The molecule has 12 heteroatoms. The zero-order valence-electron chi connectivity index (χ0n) is 20.8. The Kier molecular flexibility index (Phi) is 7.64. The lowest BCUT2D eigenvalue weighted by Crippen LogP contribution is -2.36. The van der Waals surface area contributed by atoms with Gasteiger partial charge in [0.25, 0.3) is 5.69 Å². The monoisotopic (exact) mass is 531 g/mol. The van der Waals surface area contributed by atoms with E-state index in [1.54, 1.807) is 24.3 Å². The van der Waals surface area contributed by atoms with Gasteiger partial charge < -0.3 is 30.7 Å². The second kappa shape index (κ2) is 11.6. The first-order valence-corrected chi connectivity index (χ1v) is 12.2. The van der Waals surface area contributed by atoms with E-state index in [4.69, 9.17) is 4.74 Å². The van der Waals surface area contributed by atoms with Crippen LogP contribution in [0.2, 0.25) is 0 Å². The Bertz CT molecular complexity index is 1460. The number of rotatable bonds is 9. The lowest BCUT2D eigenvalue weighted by molar-refractivity contribution is -0.384. The van der Waals surface area contributed by atoms with E-state index in [-0.39, 0.29) is 29.7 Å². The lowest BCUT2D eigenvalue weighted by atomic mass is 10.1. The summed E-state index contributed by atoms with van der Waals surface area (Å²) in [4.78, 5) is 21.1. The molecule has 1 aliphatic rings. The number of aromatic nitrogens is 2. The van der Waals surface area contributed by atoms with E-state index in [1.807, 2.05) is 24.3 Å². The summed E-state index contributed by atoms with van der Waals surface area (Å²) in [5.41, 5.74) is 3.33. The van der Waals surface area contributed by atoms with Crippen LogP contribution in [0.25, 0.3) is 0 Å². The van der Waals surface area contributed by atoms with Crippen LogP contribution in [0.3, 0.4) is 0 Å². The van der Waals surface area contributed by atoms with Crippen molar-refractivity contribution in [3.63, 3.8) is 0 Å². The van der Waals surface area contributed by atoms with Crippen LogP contribution in [0.1, 0.15) is 5.56 Å². The largest absolute Gasteiger partial charge is 0.508 e. The zero-order valence-corrected chi connectivity index (χ0v) is 20.8. The van der Waals surface area contributed by atoms with Gasteiger partial charge in [-0.25, -0.2) is 9.37 Å². The van der Waals surface area contributed by atoms with Gasteiger partial charge in [-0.2, -0.15) is 4.98 Å². The fraction of sp³-hybridized carbons (Fsp3) is 0.185. The van der Waals surface area contributed by atoms with Crippen molar-refractivity contribution >= 4 is 40.2 Å². The van der Waals surface area contributed by atoms with Crippen LogP contribution in [0.4, 0.5) is 44.6 Å². The number of nitrogens with one attached hydrogen (secondary N) is 3. The SMILES string of the molecule is O=[N+]([O-])c1ccc(O)c(CNc2cccc(Nc3nc(Nc4ccc(N5CCOCC5)cc4)ncc3F)c2)c1. The number of non-ortho nitro benzene ring substituents is 1. The smallest absolute Gasteiger partial charge is 0.270 e. The van der Waals surface area contributed by atoms with Gasteiger partial charge in [0.05, 0.1) is 24.3 Å². The quantitative estimate of drug-likeness (QED) is 0.169. The van der Waals surface area contributed by atoms with Crippen LogP contribution in [0.15, 0.2) is 72.9 Å². The molecule has 11 nitrogen and oxygen atoms in total. The molecule has 1 aliphatic heterocycles. The maximum atomic E-state index is 14.5. The number of hydrogen-bond donors (Lipinski definition) is 4. The molecule has 0 aliphatic carbocycles. The number of hydrogen-bond acceptors (Lipinski definition) is 10. The highest BCUT2D eigenvalue weighted by Gasteiger charge is 2.13. The van der Waals surface area contributed by atoms with Gasteiger partial charge in [0.1, 0.15) is 5.75 Å². The predicted molar refractivity (Wildman–Crippen MR) is 147 cm³/mol. The van der Waals surface area contributed by atoms with Crippen molar-refractivity contribution in [3.8, 4) is 5.75 Å². The molecule has 1 aromatic heterocycles. The Balaban J connectivity index is 1.24. The normalized spacial score (nSPS) is 13.1. The van der Waals surface area contributed by atoms with Gasteiger partial charge in [-0.05, 0) is 48.5 Å². The first-order valence-electron chi connectivity index (χ1n) is 12.2. The molecule has 4 N–H and O–H groups in total.